The first-order valence-electron chi connectivity index (χ1n) is 7.52. The summed E-state index contributed by atoms with van der Waals surface area (Å²) in [5, 5.41) is 0.455. The van der Waals surface area contributed by atoms with Crippen LogP contribution in [0.3, 0.4) is 0 Å². The van der Waals surface area contributed by atoms with Gasteiger partial charge in [-0.05, 0) is 0 Å². The van der Waals surface area contributed by atoms with Crippen molar-refractivity contribution in [2.24, 2.45) is 4.99 Å². The number of benzene rings is 2. The van der Waals surface area contributed by atoms with Crippen molar-refractivity contribution in [2.45, 2.75) is 24.8 Å². The number of rotatable bonds is 3. The molecule has 1 heterocycles. The molecule has 0 saturated carbocycles. The maximum absolute atomic E-state index is 12.5. The van der Waals surface area contributed by atoms with Crippen LogP contribution in [-0.4, -0.2) is 46.2 Å². The summed E-state index contributed by atoms with van der Waals surface area (Å²) < 4.78 is 1.00. The second-order valence-electron chi connectivity index (χ2n) is 5.86. The van der Waals surface area contributed by atoms with Crippen LogP contribution < -0.4 is 0 Å². The zero-order valence-corrected chi connectivity index (χ0v) is 17.6. The van der Waals surface area contributed by atoms with Crippen LogP contribution in [0.25, 0.3) is 0 Å². The Bertz CT molecular complexity index is 778. The molecule has 0 radical (unpaired) electrons. The summed E-state index contributed by atoms with van der Waals surface area (Å²) in [6.45, 7) is 5.26. The third kappa shape index (κ3) is 3.93. The molecular weight excluding hydrogens is 454 g/mol. The number of aliphatic imine (C=N–C) groups is 1. The van der Waals surface area contributed by atoms with Gasteiger partial charge < -0.3 is 0 Å². The fraction of sp³-hybridized carbons (Fsp3) is 0.222. The number of nitrogens with zero attached hydrogens (tertiary/aromatic N) is 2. The van der Waals surface area contributed by atoms with Gasteiger partial charge in [0.05, 0.1) is 0 Å². The average Bonchev–Trinajstić information content (AvgIpc) is 2.84. The van der Waals surface area contributed by atoms with E-state index in [-0.39, 0.29) is 23.5 Å². The molecule has 124 valence electrons. The average molecular weight is 471 g/mol. The maximum atomic E-state index is 12.5. The molecule has 0 atom stereocenters. The van der Waals surface area contributed by atoms with E-state index in [0.717, 1.165) is 11.3 Å². The molecular formula is C18H17ClN2OSe2. The predicted molar refractivity (Wildman–Crippen MR) is 101 cm³/mol. The van der Waals surface area contributed by atoms with Gasteiger partial charge >= 0.3 is 159 Å². The van der Waals surface area contributed by atoms with E-state index in [1.807, 2.05) is 30.3 Å². The number of amides is 1. The monoisotopic (exact) mass is 472 g/mol. The van der Waals surface area contributed by atoms with Crippen molar-refractivity contribution >= 4 is 48.5 Å². The molecule has 0 aliphatic carbocycles. The van der Waals surface area contributed by atoms with Crippen LogP contribution in [0.5, 0.6) is 0 Å². The molecule has 2 aromatic rings. The molecule has 0 N–H and O–H groups in total. The van der Waals surface area contributed by atoms with E-state index >= 15 is 0 Å². The normalized spacial score (nSPS) is 18.1. The van der Waals surface area contributed by atoms with Crippen LogP contribution in [0.1, 0.15) is 29.8 Å². The standard InChI is InChI=1S/C18H17ClN2OSe2/c1-18(2)21(12-13-8-4-3-5-9-13)17(23-24-18)20-16(22)14-10-6-7-11-15(14)19/h3-11H,12H2,1-2H3. The number of carbonyl (C=O) groups is 1. The van der Waals surface area contributed by atoms with Crippen molar-refractivity contribution < 1.29 is 4.79 Å². The van der Waals surface area contributed by atoms with Gasteiger partial charge in [0.25, 0.3) is 0 Å². The van der Waals surface area contributed by atoms with E-state index < -0.39 is 0 Å². The van der Waals surface area contributed by atoms with Crippen molar-refractivity contribution in [1.82, 2.24) is 4.90 Å². The topological polar surface area (TPSA) is 32.7 Å². The molecule has 1 fully saturated rings. The van der Waals surface area contributed by atoms with E-state index in [9.17, 15) is 4.79 Å². The Morgan fingerprint density at radius 3 is 2.50 bits per heavy atom. The molecule has 3 rings (SSSR count). The molecule has 0 bridgehead atoms. The van der Waals surface area contributed by atoms with Crippen LogP contribution in [0.15, 0.2) is 59.6 Å². The molecule has 0 spiro atoms. The van der Waals surface area contributed by atoms with Crippen molar-refractivity contribution in [3.63, 3.8) is 0 Å². The number of amidine groups is 1. The molecule has 0 unspecified atom stereocenters. The van der Waals surface area contributed by atoms with Crippen LogP contribution in [0, 0.1) is 0 Å². The minimum atomic E-state index is -0.246. The van der Waals surface area contributed by atoms with Gasteiger partial charge in [-0.2, -0.15) is 0 Å². The third-order valence-corrected chi connectivity index (χ3v) is 13.5. The van der Waals surface area contributed by atoms with Gasteiger partial charge in [-0.25, -0.2) is 0 Å². The van der Waals surface area contributed by atoms with Crippen LogP contribution in [-0.2, 0) is 6.54 Å². The first kappa shape index (κ1) is 17.7. The number of carbonyl (C=O) groups excluding carboxylic acids is 1. The molecule has 24 heavy (non-hydrogen) atoms. The Kier molecular flexibility index (Phi) is 5.49. The first-order valence-corrected chi connectivity index (χ1v) is 13.9. The minimum absolute atomic E-state index is 0.0719. The quantitative estimate of drug-likeness (QED) is 0.644. The second kappa shape index (κ2) is 7.43. The van der Waals surface area contributed by atoms with Gasteiger partial charge in [0.15, 0.2) is 0 Å². The van der Waals surface area contributed by atoms with Crippen LogP contribution in [0.2, 0.25) is 5.02 Å². The fourth-order valence-electron chi connectivity index (χ4n) is 2.34. The van der Waals surface area contributed by atoms with E-state index in [1.54, 1.807) is 12.1 Å². The van der Waals surface area contributed by atoms with Gasteiger partial charge in [0.2, 0.25) is 0 Å². The Labute approximate surface area is 158 Å². The molecule has 1 amide bonds. The van der Waals surface area contributed by atoms with Crippen molar-refractivity contribution in [1.29, 1.82) is 0 Å². The summed E-state index contributed by atoms with van der Waals surface area (Å²) in [6, 6.07) is 17.4. The summed E-state index contributed by atoms with van der Waals surface area (Å²) in [5.41, 5.74) is 1.70. The van der Waals surface area contributed by atoms with Crippen molar-refractivity contribution in [3.05, 3.63) is 70.7 Å². The molecule has 1 saturated heterocycles. The zero-order valence-electron chi connectivity index (χ0n) is 13.4. The van der Waals surface area contributed by atoms with Gasteiger partial charge in [-0.3, -0.25) is 0 Å². The predicted octanol–water partition coefficient (Wildman–Crippen LogP) is 3.41. The van der Waals surface area contributed by atoms with Gasteiger partial charge in [0, 0.05) is 0 Å². The Balaban J connectivity index is 1.88. The van der Waals surface area contributed by atoms with Crippen molar-refractivity contribution in [3.8, 4) is 0 Å². The van der Waals surface area contributed by atoms with E-state index in [0.29, 0.717) is 23.7 Å². The molecule has 3 nitrogen and oxygen atoms in total. The third-order valence-electron chi connectivity index (χ3n) is 3.69. The van der Waals surface area contributed by atoms with Gasteiger partial charge in [-0.15, -0.1) is 0 Å². The van der Waals surface area contributed by atoms with E-state index in [1.165, 1.54) is 5.56 Å². The van der Waals surface area contributed by atoms with Gasteiger partial charge in [-0.1, -0.05) is 0 Å². The SMILES string of the molecule is CC1(C)[Se][Se]C(=NC(=O)c2ccccc2Cl)N1Cc1ccccc1. The van der Waals surface area contributed by atoms with E-state index in [2.05, 4.69) is 35.9 Å². The number of hydrogen-bond acceptors (Lipinski definition) is 1. The van der Waals surface area contributed by atoms with Gasteiger partial charge in [0.1, 0.15) is 0 Å². The summed E-state index contributed by atoms with van der Waals surface area (Å²) in [4.78, 5) is 19.3. The molecule has 1 aliphatic heterocycles. The molecule has 0 aromatic heterocycles. The Morgan fingerprint density at radius 1 is 1.12 bits per heavy atom. The van der Waals surface area contributed by atoms with Crippen molar-refractivity contribution in [2.75, 3.05) is 0 Å². The summed E-state index contributed by atoms with van der Waals surface area (Å²) in [5.74, 6) is -0.246. The Hall–Kier alpha value is -1.09. The molecule has 6 heteroatoms. The number of hydrogen-bond donors (Lipinski definition) is 0. The summed E-state index contributed by atoms with van der Waals surface area (Å²) >= 11 is 6.82. The number of halogens is 1. The molecule has 1 aliphatic rings. The summed E-state index contributed by atoms with van der Waals surface area (Å²) in [7, 11) is 0. The fourth-order valence-corrected chi connectivity index (χ4v) is 10.4. The first-order chi connectivity index (χ1) is 11.5. The second-order valence-corrected chi connectivity index (χ2v) is 13.5. The summed E-state index contributed by atoms with van der Waals surface area (Å²) in [6.07, 6.45) is 0. The zero-order chi connectivity index (χ0) is 17.2. The molecule has 2 aromatic carbocycles. The Morgan fingerprint density at radius 2 is 1.79 bits per heavy atom. The van der Waals surface area contributed by atoms with Crippen LogP contribution >= 0.6 is 11.6 Å². The van der Waals surface area contributed by atoms with Crippen LogP contribution in [0.4, 0.5) is 0 Å². The van der Waals surface area contributed by atoms with E-state index in [4.69, 9.17) is 11.6 Å².